The smallest absolute Gasteiger partial charge is 0.277 e. The van der Waals surface area contributed by atoms with Crippen LogP contribution in [0.2, 0.25) is 0 Å². The highest BCUT2D eigenvalue weighted by Crippen LogP contribution is 2.32. The molecule has 1 aliphatic carbocycles. The van der Waals surface area contributed by atoms with Crippen molar-refractivity contribution < 1.29 is 13.9 Å². The van der Waals surface area contributed by atoms with E-state index in [1.54, 1.807) is 0 Å². The van der Waals surface area contributed by atoms with Crippen LogP contribution in [0.1, 0.15) is 43.9 Å². The summed E-state index contributed by atoms with van der Waals surface area (Å²) in [7, 11) is 0. The minimum absolute atomic E-state index is 0.0819. The van der Waals surface area contributed by atoms with Gasteiger partial charge in [-0.2, -0.15) is 0 Å². The molecule has 1 N–H and O–H groups in total. The number of anilines is 2. The number of rotatable bonds is 6. The summed E-state index contributed by atoms with van der Waals surface area (Å²) in [5.41, 5.74) is 1.94. The quantitative estimate of drug-likeness (QED) is 0.738. The number of ether oxygens (including phenoxy) is 1. The van der Waals surface area contributed by atoms with E-state index in [4.69, 9.17) is 9.15 Å². The average molecular weight is 403 g/mol. The molecule has 1 aromatic heterocycles. The summed E-state index contributed by atoms with van der Waals surface area (Å²) in [6.45, 7) is 3.31. The Labute approximate surface area is 169 Å². The largest absolute Gasteiger partial charge is 0.416 e. The maximum Gasteiger partial charge on any atom is 0.277 e. The summed E-state index contributed by atoms with van der Waals surface area (Å²) in [4.78, 5) is 14.5. The molecular formula is C20H26N4O3S. The van der Waals surface area contributed by atoms with E-state index in [1.165, 1.54) is 31.0 Å². The van der Waals surface area contributed by atoms with Gasteiger partial charge in [0, 0.05) is 30.4 Å². The maximum atomic E-state index is 12.2. The van der Waals surface area contributed by atoms with Crippen molar-refractivity contribution in [1.29, 1.82) is 0 Å². The Hall–Kier alpha value is -2.06. The van der Waals surface area contributed by atoms with Gasteiger partial charge in [0.05, 0.1) is 19.0 Å². The first-order valence-corrected chi connectivity index (χ1v) is 11.0. The lowest BCUT2D eigenvalue weighted by molar-refractivity contribution is -0.113. The van der Waals surface area contributed by atoms with E-state index >= 15 is 0 Å². The molecular weight excluding hydrogens is 376 g/mol. The summed E-state index contributed by atoms with van der Waals surface area (Å²) < 4.78 is 11.1. The van der Waals surface area contributed by atoms with E-state index in [9.17, 15) is 4.79 Å². The summed E-state index contributed by atoms with van der Waals surface area (Å²) in [5.74, 6) is 1.27. The van der Waals surface area contributed by atoms with Gasteiger partial charge in [0.1, 0.15) is 0 Å². The number of nitrogens with one attached hydrogen (secondary N) is 1. The fourth-order valence-corrected chi connectivity index (χ4v) is 4.26. The fourth-order valence-electron chi connectivity index (χ4n) is 3.69. The first-order valence-electron chi connectivity index (χ1n) is 9.97. The van der Waals surface area contributed by atoms with Gasteiger partial charge in [-0.1, -0.05) is 31.0 Å². The molecule has 0 unspecified atom stereocenters. The van der Waals surface area contributed by atoms with Gasteiger partial charge in [0.2, 0.25) is 11.8 Å². The molecule has 8 heteroatoms. The Bertz CT molecular complexity index is 768. The van der Waals surface area contributed by atoms with Crippen molar-refractivity contribution in [3.8, 4) is 0 Å². The van der Waals surface area contributed by atoms with Gasteiger partial charge in [-0.05, 0) is 37.1 Å². The lowest BCUT2D eigenvalue weighted by Crippen LogP contribution is -2.36. The van der Waals surface area contributed by atoms with Crippen LogP contribution >= 0.6 is 11.8 Å². The molecule has 0 bridgehead atoms. The number of hydrogen-bond donors (Lipinski definition) is 1. The summed E-state index contributed by atoms with van der Waals surface area (Å²) in [6.07, 6.45) is 5.98. The second kappa shape index (κ2) is 9.43. The zero-order chi connectivity index (χ0) is 19.2. The zero-order valence-corrected chi connectivity index (χ0v) is 16.7. The molecule has 0 radical (unpaired) electrons. The van der Waals surface area contributed by atoms with Crippen LogP contribution in [0, 0.1) is 0 Å². The number of amides is 1. The molecule has 1 saturated heterocycles. The van der Waals surface area contributed by atoms with Gasteiger partial charge in [-0.3, -0.25) is 4.79 Å². The van der Waals surface area contributed by atoms with E-state index in [0.29, 0.717) is 11.1 Å². The second-order valence-corrected chi connectivity index (χ2v) is 8.15. The molecule has 2 fully saturated rings. The van der Waals surface area contributed by atoms with Crippen LogP contribution in [-0.2, 0) is 9.53 Å². The van der Waals surface area contributed by atoms with E-state index in [2.05, 4.69) is 20.4 Å². The number of carbonyl (C=O) groups excluding carboxylic acids is 1. The minimum atomic E-state index is -0.0819. The van der Waals surface area contributed by atoms with Crippen molar-refractivity contribution >= 4 is 29.0 Å². The molecule has 0 atom stereocenters. The number of morpholine rings is 1. The highest BCUT2D eigenvalue weighted by Gasteiger charge is 2.21. The van der Waals surface area contributed by atoms with Crippen LogP contribution in [0.25, 0.3) is 0 Å². The molecule has 4 rings (SSSR count). The van der Waals surface area contributed by atoms with Crippen molar-refractivity contribution in [2.24, 2.45) is 0 Å². The third-order valence-corrected chi connectivity index (χ3v) is 6.05. The third kappa shape index (κ3) is 5.05. The number of hydrogen-bond acceptors (Lipinski definition) is 7. The maximum absolute atomic E-state index is 12.2. The molecule has 0 spiro atoms. The molecule has 28 heavy (non-hydrogen) atoms. The van der Waals surface area contributed by atoms with E-state index in [-0.39, 0.29) is 11.7 Å². The lowest BCUT2D eigenvalue weighted by atomic mass is 9.89. The second-order valence-electron chi connectivity index (χ2n) is 7.22. The predicted molar refractivity (Wildman–Crippen MR) is 109 cm³/mol. The SMILES string of the molecule is O=C(CSc1nnc(C2CCCCC2)o1)Nc1ccc(N2CCOCC2)cc1. The van der Waals surface area contributed by atoms with Crippen molar-refractivity contribution in [1.82, 2.24) is 10.2 Å². The van der Waals surface area contributed by atoms with E-state index in [1.807, 2.05) is 24.3 Å². The Morgan fingerprint density at radius 2 is 1.86 bits per heavy atom. The van der Waals surface area contributed by atoms with Gasteiger partial charge >= 0.3 is 0 Å². The Balaban J connectivity index is 1.24. The number of aromatic nitrogens is 2. The molecule has 1 aliphatic heterocycles. The predicted octanol–water partition coefficient (Wildman–Crippen LogP) is 3.68. The number of nitrogens with zero attached hydrogens (tertiary/aromatic N) is 3. The molecule has 1 saturated carbocycles. The minimum Gasteiger partial charge on any atom is -0.416 e. The van der Waals surface area contributed by atoms with E-state index < -0.39 is 0 Å². The Kier molecular flexibility index (Phi) is 6.49. The summed E-state index contributed by atoms with van der Waals surface area (Å²) in [5, 5.41) is 11.6. The standard InChI is InChI=1S/C20H26N4O3S/c25-18(14-28-20-23-22-19(27-20)15-4-2-1-3-5-15)21-16-6-8-17(9-7-16)24-10-12-26-13-11-24/h6-9,15H,1-5,10-14H2,(H,21,25). The van der Waals surface area contributed by atoms with Gasteiger partial charge in [0.25, 0.3) is 5.22 Å². The molecule has 2 heterocycles. The summed E-state index contributed by atoms with van der Waals surface area (Å²) >= 11 is 1.28. The van der Waals surface area contributed by atoms with Crippen LogP contribution in [-0.4, -0.2) is 48.2 Å². The summed E-state index contributed by atoms with van der Waals surface area (Å²) in [6, 6.07) is 7.92. The lowest BCUT2D eigenvalue weighted by Gasteiger charge is -2.28. The van der Waals surface area contributed by atoms with Crippen molar-refractivity contribution in [3.63, 3.8) is 0 Å². The Morgan fingerprint density at radius 3 is 2.61 bits per heavy atom. The normalized spacial score (nSPS) is 18.2. The molecule has 2 aliphatic rings. The van der Waals surface area contributed by atoms with E-state index in [0.717, 1.165) is 56.4 Å². The van der Waals surface area contributed by atoms with Crippen LogP contribution in [0.4, 0.5) is 11.4 Å². The van der Waals surface area contributed by atoms with Crippen LogP contribution in [0.5, 0.6) is 0 Å². The highest BCUT2D eigenvalue weighted by molar-refractivity contribution is 7.99. The average Bonchev–Trinajstić information content (AvgIpc) is 3.23. The molecule has 7 nitrogen and oxygen atoms in total. The van der Waals surface area contributed by atoms with Crippen LogP contribution in [0.3, 0.4) is 0 Å². The van der Waals surface area contributed by atoms with Gasteiger partial charge in [-0.15, -0.1) is 10.2 Å². The number of carbonyl (C=O) groups is 1. The first kappa shape index (κ1) is 19.3. The van der Waals surface area contributed by atoms with Gasteiger partial charge in [0.15, 0.2) is 0 Å². The van der Waals surface area contributed by atoms with Crippen molar-refractivity contribution in [2.45, 2.75) is 43.2 Å². The third-order valence-electron chi connectivity index (χ3n) is 5.23. The monoisotopic (exact) mass is 402 g/mol. The first-order chi connectivity index (χ1) is 13.8. The number of benzene rings is 1. The molecule has 2 aromatic rings. The Morgan fingerprint density at radius 1 is 1.11 bits per heavy atom. The molecule has 1 amide bonds. The van der Waals surface area contributed by atoms with Crippen LogP contribution < -0.4 is 10.2 Å². The zero-order valence-electron chi connectivity index (χ0n) is 15.9. The fraction of sp³-hybridized carbons (Fsp3) is 0.550. The van der Waals surface area contributed by atoms with Crippen molar-refractivity contribution in [3.05, 3.63) is 30.2 Å². The molecule has 150 valence electrons. The van der Waals surface area contributed by atoms with Gasteiger partial charge < -0.3 is 19.4 Å². The highest BCUT2D eigenvalue weighted by atomic mass is 32.2. The molecule has 1 aromatic carbocycles. The van der Waals surface area contributed by atoms with Crippen LogP contribution in [0.15, 0.2) is 33.9 Å². The topological polar surface area (TPSA) is 80.5 Å². The van der Waals surface area contributed by atoms with Crippen molar-refractivity contribution in [2.75, 3.05) is 42.3 Å². The number of thioether (sulfide) groups is 1. The van der Waals surface area contributed by atoms with Gasteiger partial charge in [-0.25, -0.2) is 0 Å².